The number of benzene rings is 2. The van der Waals surface area contributed by atoms with E-state index >= 15 is 0 Å². The Kier molecular flexibility index (Phi) is 4.49. The molecule has 128 valence electrons. The Morgan fingerprint density at radius 3 is 2.33 bits per heavy atom. The van der Waals surface area contributed by atoms with E-state index in [0.29, 0.717) is 23.4 Å². The van der Waals surface area contributed by atoms with Gasteiger partial charge in [-0.25, -0.2) is 12.8 Å². The minimum absolute atomic E-state index is 0.345. The molecule has 0 saturated carbocycles. The summed E-state index contributed by atoms with van der Waals surface area (Å²) in [5, 5.41) is 0. The van der Waals surface area contributed by atoms with Crippen LogP contribution in [0.1, 0.15) is 41.1 Å². The first-order valence-corrected chi connectivity index (χ1v) is 9.60. The number of halogens is 1. The molecule has 1 aliphatic rings. The zero-order valence-corrected chi connectivity index (χ0v) is 15.0. The van der Waals surface area contributed by atoms with Gasteiger partial charge in [-0.05, 0) is 50.8 Å². The van der Waals surface area contributed by atoms with E-state index in [-0.39, 0.29) is 5.82 Å². The van der Waals surface area contributed by atoms with Gasteiger partial charge in [0.1, 0.15) is 5.82 Å². The molecule has 0 aromatic heterocycles. The lowest BCUT2D eigenvalue weighted by molar-refractivity contribution is 0.386. The summed E-state index contributed by atoms with van der Waals surface area (Å²) in [5.74, 6) is -0.345. The van der Waals surface area contributed by atoms with Crippen LogP contribution in [0.5, 0.6) is 0 Å². The van der Waals surface area contributed by atoms with Gasteiger partial charge in [-0.1, -0.05) is 35.9 Å². The molecule has 1 fully saturated rings. The Hall–Kier alpha value is -1.72. The Labute approximate surface area is 143 Å². The number of rotatable bonds is 3. The number of aryl methyl sites for hydroxylation is 3. The van der Waals surface area contributed by atoms with Crippen LogP contribution in [-0.4, -0.2) is 19.3 Å². The van der Waals surface area contributed by atoms with Gasteiger partial charge in [-0.15, -0.1) is 0 Å². The van der Waals surface area contributed by atoms with Crippen molar-refractivity contribution in [1.82, 2.24) is 4.31 Å². The van der Waals surface area contributed by atoms with Crippen LogP contribution in [0, 0.1) is 26.6 Å². The van der Waals surface area contributed by atoms with Crippen molar-refractivity contribution < 1.29 is 12.8 Å². The van der Waals surface area contributed by atoms with Crippen LogP contribution >= 0.6 is 0 Å². The van der Waals surface area contributed by atoms with Crippen molar-refractivity contribution in [3.05, 3.63) is 64.5 Å². The molecular weight excluding hydrogens is 325 g/mol. The topological polar surface area (TPSA) is 37.4 Å². The molecule has 0 amide bonds. The second-order valence-electron chi connectivity index (χ2n) is 6.52. The highest BCUT2D eigenvalue weighted by Crippen LogP contribution is 2.39. The fraction of sp³-hybridized carbons (Fsp3) is 0.368. The Morgan fingerprint density at radius 1 is 1.08 bits per heavy atom. The predicted molar refractivity (Wildman–Crippen MR) is 92.9 cm³/mol. The van der Waals surface area contributed by atoms with Crippen molar-refractivity contribution in [2.45, 2.75) is 44.6 Å². The van der Waals surface area contributed by atoms with Crippen molar-refractivity contribution in [2.24, 2.45) is 0 Å². The lowest BCUT2D eigenvalue weighted by Crippen LogP contribution is -2.32. The molecule has 0 N–H and O–H groups in total. The van der Waals surface area contributed by atoms with E-state index in [1.165, 1.54) is 10.4 Å². The number of sulfonamides is 1. The fourth-order valence-corrected chi connectivity index (χ4v) is 5.86. The van der Waals surface area contributed by atoms with Gasteiger partial charge in [-0.3, -0.25) is 0 Å². The van der Waals surface area contributed by atoms with Gasteiger partial charge in [-0.2, -0.15) is 4.31 Å². The molecule has 0 radical (unpaired) electrons. The van der Waals surface area contributed by atoms with Crippen LogP contribution in [0.4, 0.5) is 4.39 Å². The lowest BCUT2D eigenvalue weighted by atomic mass is 10.1. The maximum Gasteiger partial charge on any atom is 0.244 e. The normalized spacial score (nSPS) is 18.9. The summed E-state index contributed by atoms with van der Waals surface area (Å²) in [4.78, 5) is 0.358. The van der Waals surface area contributed by atoms with E-state index in [1.807, 2.05) is 32.9 Å². The second-order valence-corrected chi connectivity index (χ2v) is 8.35. The zero-order chi connectivity index (χ0) is 17.5. The number of hydrogen-bond donors (Lipinski definition) is 0. The van der Waals surface area contributed by atoms with Gasteiger partial charge in [0.05, 0.1) is 10.9 Å². The third-order valence-corrected chi connectivity index (χ3v) is 6.85. The van der Waals surface area contributed by atoms with Gasteiger partial charge in [0, 0.05) is 12.1 Å². The molecular formula is C19H22FNO2S. The molecule has 0 unspecified atom stereocenters. The quantitative estimate of drug-likeness (QED) is 0.831. The Balaban J connectivity index is 2.09. The van der Waals surface area contributed by atoms with Crippen LogP contribution in [0.2, 0.25) is 0 Å². The summed E-state index contributed by atoms with van der Waals surface area (Å²) in [7, 11) is -3.66. The lowest BCUT2D eigenvalue weighted by Gasteiger charge is -2.26. The molecule has 1 heterocycles. The van der Waals surface area contributed by atoms with E-state index in [4.69, 9.17) is 0 Å². The Morgan fingerprint density at radius 2 is 1.71 bits per heavy atom. The maximum atomic E-state index is 14.2. The third-order valence-electron chi connectivity index (χ3n) is 4.64. The van der Waals surface area contributed by atoms with Crippen LogP contribution in [0.15, 0.2) is 41.3 Å². The summed E-state index contributed by atoms with van der Waals surface area (Å²) in [6.07, 6.45) is 1.38. The average Bonchev–Trinajstić information content (AvgIpc) is 2.96. The summed E-state index contributed by atoms with van der Waals surface area (Å²) in [6.45, 7) is 6.02. The highest BCUT2D eigenvalue weighted by Gasteiger charge is 2.38. The molecule has 1 saturated heterocycles. The summed E-state index contributed by atoms with van der Waals surface area (Å²) < 4.78 is 42.2. The SMILES string of the molecule is Cc1cc(C)c(S(=O)(=O)N2CCC[C@H]2c2ccccc2F)c(C)c1. The number of hydrogen-bond acceptors (Lipinski definition) is 2. The maximum absolute atomic E-state index is 14.2. The van der Waals surface area contributed by atoms with Crippen LogP contribution < -0.4 is 0 Å². The predicted octanol–water partition coefficient (Wildman–Crippen LogP) is 4.28. The first-order valence-electron chi connectivity index (χ1n) is 8.16. The molecule has 1 aliphatic heterocycles. The first kappa shape index (κ1) is 17.1. The molecule has 1 atom stereocenters. The van der Waals surface area contributed by atoms with Gasteiger partial charge in [0.15, 0.2) is 0 Å². The van der Waals surface area contributed by atoms with Crippen LogP contribution in [-0.2, 0) is 10.0 Å². The molecule has 3 nitrogen and oxygen atoms in total. The van der Waals surface area contributed by atoms with Gasteiger partial charge in [0.2, 0.25) is 10.0 Å². The molecule has 0 spiro atoms. The van der Waals surface area contributed by atoms with Crippen molar-refractivity contribution in [3.63, 3.8) is 0 Å². The Bertz CT molecular complexity index is 854. The summed E-state index contributed by atoms with van der Waals surface area (Å²) in [6, 6.07) is 9.78. The monoisotopic (exact) mass is 347 g/mol. The van der Waals surface area contributed by atoms with Gasteiger partial charge < -0.3 is 0 Å². The molecule has 3 rings (SSSR count). The fourth-order valence-electron chi connectivity index (χ4n) is 3.77. The van der Waals surface area contributed by atoms with Crippen molar-refractivity contribution in [2.75, 3.05) is 6.54 Å². The summed E-state index contributed by atoms with van der Waals surface area (Å²) in [5.41, 5.74) is 2.98. The van der Waals surface area contributed by atoms with Crippen molar-refractivity contribution in [3.8, 4) is 0 Å². The number of nitrogens with zero attached hydrogens (tertiary/aromatic N) is 1. The van der Waals surface area contributed by atoms with Crippen LogP contribution in [0.3, 0.4) is 0 Å². The standard InChI is InChI=1S/C19H22FNO2S/c1-13-11-14(2)19(15(3)12-13)24(22,23)21-10-6-9-18(21)16-7-4-5-8-17(16)20/h4-5,7-8,11-12,18H,6,9-10H2,1-3H3/t18-/m0/s1. The highest BCUT2D eigenvalue weighted by molar-refractivity contribution is 7.89. The minimum Gasteiger partial charge on any atom is -0.207 e. The third kappa shape index (κ3) is 2.87. The molecule has 5 heteroatoms. The van der Waals surface area contributed by atoms with E-state index in [9.17, 15) is 12.8 Å². The van der Waals surface area contributed by atoms with Gasteiger partial charge >= 0.3 is 0 Å². The van der Waals surface area contributed by atoms with Crippen molar-refractivity contribution >= 4 is 10.0 Å². The molecule has 0 bridgehead atoms. The molecule has 2 aromatic rings. The van der Waals surface area contributed by atoms with E-state index < -0.39 is 16.1 Å². The molecule has 24 heavy (non-hydrogen) atoms. The van der Waals surface area contributed by atoms with E-state index in [2.05, 4.69) is 0 Å². The average molecular weight is 347 g/mol. The van der Waals surface area contributed by atoms with Gasteiger partial charge in [0.25, 0.3) is 0 Å². The zero-order valence-electron chi connectivity index (χ0n) is 14.2. The van der Waals surface area contributed by atoms with Crippen LogP contribution in [0.25, 0.3) is 0 Å². The highest BCUT2D eigenvalue weighted by atomic mass is 32.2. The smallest absolute Gasteiger partial charge is 0.207 e. The first-order chi connectivity index (χ1) is 11.3. The van der Waals surface area contributed by atoms with E-state index in [1.54, 1.807) is 18.2 Å². The van der Waals surface area contributed by atoms with E-state index in [0.717, 1.165) is 23.1 Å². The van der Waals surface area contributed by atoms with Crippen molar-refractivity contribution in [1.29, 1.82) is 0 Å². The largest absolute Gasteiger partial charge is 0.244 e. The minimum atomic E-state index is -3.66. The molecule has 0 aliphatic carbocycles. The molecule has 2 aromatic carbocycles. The second kappa shape index (κ2) is 6.30. The summed E-state index contributed by atoms with van der Waals surface area (Å²) >= 11 is 0.